The number of likely N-dealkylation sites (tertiary alicyclic amines) is 1. The predicted molar refractivity (Wildman–Crippen MR) is 48.1 cm³/mol. The minimum Gasteiger partial charge on any atom is -0.465 e. The van der Waals surface area contributed by atoms with Crippen LogP contribution in [0.2, 0.25) is 0 Å². The second-order valence-electron chi connectivity index (χ2n) is 4.18. The number of aromatic nitrogens is 4. The van der Waals surface area contributed by atoms with Crippen molar-refractivity contribution < 1.29 is 9.90 Å². The molecule has 1 aromatic heterocycles. The number of tetrazole rings is 1. The lowest BCUT2D eigenvalue weighted by Crippen LogP contribution is -2.29. The Bertz CT molecular complexity index is 405. The summed E-state index contributed by atoms with van der Waals surface area (Å²) in [4.78, 5) is 13.6. The normalized spacial score (nSPS) is 32.9. The summed E-state index contributed by atoms with van der Waals surface area (Å²) >= 11 is 0. The molecule has 0 unspecified atom stereocenters. The molecule has 1 N–H and O–H groups in total. The average Bonchev–Trinajstić information content (AvgIpc) is 2.62. The van der Waals surface area contributed by atoms with Gasteiger partial charge in [-0.3, -0.25) is 0 Å². The minimum atomic E-state index is -0.826. The Hall–Kier alpha value is -1.66. The summed E-state index contributed by atoms with van der Waals surface area (Å²) in [6.07, 6.45) is -0.826. The molecule has 7 nitrogen and oxygen atoms in total. The SMILES string of the molecule is Cn1nnc([C@H]2[C@@H]3CN(C(=O)O)C[C@@H]32)n1. The van der Waals surface area contributed by atoms with E-state index >= 15 is 0 Å². The number of carboxylic acid groups (broad SMARTS) is 1. The van der Waals surface area contributed by atoms with Gasteiger partial charge in [0.1, 0.15) is 0 Å². The third kappa shape index (κ3) is 1.19. The van der Waals surface area contributed by atoms with E-state index < -0.39 is 6.09 Å². The quantitative estimate of drug-likeness (QED) is 0.676. The van der Waals surface area contributed by atoms with E-state index in [0.29, 0.717) is 30.8 Å². The van der Waals surface area contributed by atoms with Gasteiger partial charge >= 0.3 is 6.09 Å². The van der Waals surface area contributed by atoms with Crippen molar-refractivity contribution in [2.45, 2.75) is 5.92 Å². The number of hydrogen-bond donors (Lipinski definition) is 1. The standard InChI is InChI=1S/C8H11N5O2/c1-12-10-7(9-11-12)6-4-2-13(8(14)15)3-5(4)6/h4-6H,2-3H2,1H3,(H,14,15)/t4-,5+,6+. The van der Waals surface area contributed by atoms with Crippen molar-refractivity contribution in [3.63, 3.8) is 0 Å². The van der Waals surface area contributed by atoms with Gasteiger partial charge in [0.05, 0.1) is 7.05 Å². The van der Waals surface area contributed by atoms with Gasteiger partial charge in [0, 0.05) is 19.0 Å². The molecule has 0 aromatic carbocycles. The molecule has 1 aliphatic carbocycles. The van der Waals surface area contributed by atoms with Crippen molar-refractivity contribution in [2.24, 2.45) is 18.9 Å². The van der Waals surface area contributed by atoms with Crippen LogP contribution in [0.3, 0.4) is 0 Å². The zero-order valence-electron chi connectivity index (χ0n) is 8.24. The fourth-order valence-electron chi connectivity index (χ4n) is 2.50. The van der Waals surface area contributed by atoms with Gasteiger partial charge < -0.3 is 10.0 Å². The van der Waals surface area contributed by atoms with Gasteiger partial charge in [-0.1, -0.05) is 0 Å². The van der Waals surface area contributed by atoms with Crippen LogP contribution in [0.1, 0.15) is 11.7 Å². The zero-order chi connectivity index (χ0) is 10.6. The molecule has 2 heterocycles. The summed E-state index contributed by atoms with van der Waals surface area (Å²) in [5, 5.41) is 20.7. The molecule has 15 heavy (non-hydrogen) atoms. The number of carbonyl (C=O) groups is 1. The largest absolute Gasteiger partial charge is 0.465 e. The first kappa shape index (κ1) is 8.63. The maximum Gasteiger partial charge on any atom is 0.407 e. The molecule has 1 saturated heterocycles. The number of hydrogen-bond acceptors (Lipinski definition) is 4. The Labute approximate surface area is 85.7 Å². The molecule has 0 spiro atoms. The fraction of sp³-hybridized carbons (Fsp3) is 0.750. The number of amides is 1. The van der Waals surface area contributed by atoms with Crippen LogP contribution >= 0.6 is 0 Å². The Kier molecular flexibility index (Phi) is 1.54. The second-order valence-corrected chi connectivity index (χ2v) is 4.18. The average molecular weight is 209 g/mol. The van der Waals surface area contributed by atoms with E-state index in [0.717, 1.165) is 5.82 Å². The smallest absolute Gasteiger partial charge is 0.407 e. The molecule has 2 aliphatic rings. The van der Waals surface area contributed by atoms with Gasteiger partial charge in [-0.25, -0.2) is 4.79 Å². The Morgan fingerprint density at radius 2 is 2.13 bits per heavy atom. The van der Waals surface area contributed by atoms with Crippen LogP contribution in [0.25, 0.3) is 0 Å². The molecule has 3 rings (SSSR count). The summed E-state index contributed by atoms with van der Waals surface area (Å²) in [5.74, 6) is 1.91. The minimum absolute atomic E-state index is 0.328. The molecule has 1 aromatic rings. The molecule has 1 aliphatic heterocycles. The number of fused-ring (bicyclic) bond motifs is 1. The summed E-state index contributed by atoms with van der Waals surface area (Å²) in [6.45, 7) is 1.23. The van der Waals surface area contributed by atoms with Crippen LogP contribution in [-0.2, 0) is 7.05 Å². The van der Waals surface area contributed by atoms with E-state index in [9.17, 15) is 4.79 Å². The second kappa shape index (κ2) is 2.68. The number of piperidine rings is 1. The van der Waals surface area contributed by atoms with Crippen LogP contribution in [0, 0.1) is 11.8 Å². The maximum absolute atomic E-state index is 10.7. The van der Waals surface area contributed by atoms with Crippen LogP contribution < -0.4 is 0 Å². The van der Waals surface area contributed by atoms with Crippen molar-refractivity contribution in [3.8, 4) is 0 Å². The lowest BCUT2D eigenvalue weighted by atomic mass is 10.2. The Morgan fingerprint density at radius 3 is 2.60 bits per heavy atom. The van der Waals surface area contributed by atoms with E-state index in [4.69, 9.17) is 5.11 Å². The van der Waals surface area contributed by atoms with E-state index in [-0.39, 0.29) is 0 Å². The lowest BCUT2D eigenvalue weighted by Gasteiger charge is -2.14. The molecule has 1 saturated carbocycles. The molecule has 0 bridgehead atoms. The van der Waals surface area contributed by atoms with E-state index in [1.165, 1.54) is 9.70 Å². The molecular weight excluding hydrogens is 198 g/mol. The number of nitrogens with zero attached hydrogens (tertiary/aromatic N) is 5. The molecule has 0 radical (unpaired) electrons. The van der Waals surface area contributed by atoms with Gasteiger partial charge in [0.25, 0.3) is 0 Å². The zero-order valence-corrected chi connectivity index (χ0v) is 8.24. The molecule has 7 heteroatoms. The van der Waals surface area contributed by atoms with Gasteiger partial charge in [-0.2, -0.15) is 4.80 Å². The highest BCUT2D eigenvalue weighted by Gasteiger charge is 2.59. The number of rotatable bonds is 1. The van der Waals surface area contributed by atoms with Crippen molar-refractivity contribution >= 4 is 6.09 Å². The molecular formula is C8H11N5O2. The first-order valence-electron chi connectivity index (χ1n) is 4.88. The Morgan fingerprint density at radius 1 is 1.47 bits per heavy atom. The Balaban J connectivity index is 1.70. The topological polar surface area (TPSA) is 84.1 Å². The molecule has 80 valence electrons. The van der Waals surface area contributed by atoms with Gasteiger partial charge in [-0.15, -0.1) is 10.2 Å². The van der Waals surface area contributed by atoms with Crippen LogP contribution in [0.5, 0.6) is 0 Å². The summed E-state index contributed by atoms with van der Waals surface area (Å²) < 4.78 is 0. The van der Waals surface area contributed by atoms with Gasteiger partial charge in [0.2, 0.25) is 0 Å². The van der Waals surface area contributed by atoms with E-state index in [1.54, 1.807) is 7.05 Å². The van der Waals surface area contributed by atoms with Crippen LogP contribution in [-0.4, -0.2) is 49.4 Å². The van der Waals surface area contributed by atoms with Crippen LogP contribution in [0.15, 0.2) is 0 Å². The lowest BCUT2D eigenvalue weighted by molar-refractivity contribution is 0.150. The van der Waals surface area contributed by atoms with Gasteiger partial charge in [-0.05, 0) is 17.0 Å². The van der Waals surface area contributed by atoms with Gasteiger partial charge in [0.15, 0.2) is 5.82 Å². The first-order valence-corrected chi connectivity index (χ1v) is 4.88. The molecule has 3 atom stereocenters. The van der Waals surface area contributed by atoms with E-state index in [2.05, 4.69) is 15.4 Å². The number of aryl methyl sites for hydroxylation is 1. The van der Waals surface area contributed by atoms with Crippen molar-refractivity contribution in [3.05, 3.63) is 5.82 Å². The maximum atomic E-state index is 10.7. The fourth-order valence-corrected chi connectivity index (χ4v) is 2.50. The van der Waals surface area contributed by atoms with Crippen molar-refractivity contribution in [1.29, 1.82) is 0 Å². The summed E-state index contributed by atoms with van der Waals surface area (Å²) in [6, 6.07) is 0. The molecule has 2 fully saturated rings. The highest BCUT2D eigenvalue weighted by atomic mass is 16.4. The third-order valence-electron chi connectivity index (χ3n) is 3.29. The predicted octanol–water partition coefficient (Wildman–Crippen LogP) is -0.467. The highest BCUT2D eigenvalue weighted by molar-refractivity contribution is 5.66. The summed E-state index contributed by atoms with van der Waals surface area (Å²) in [7, 11) is 1.73. The monoisotopic (exact) mass is 209 g/mol. The summed E-state index contributed by atoms with van der Waals surface area (Å²) in [5.41, 5.74) is 0. The third-order valence-corrected chi connectivity index (χ3v) is 3.29. The first-order chi connectivity index (χ1) is 7.16. The van der Waals surface area contributed by atoms with E-state index in [1.807, 2.05) is 0 Å². The highest BCUT2D eigenvalue weighted by Crippen LogP contribution is 2.56. The molecule has 1 amide bonds. The van der Waals surface area contributed by atoms with Crippen molar-refractivity contribution in [1.82, 2.24) is 25.1 Å². The van der Waals surface area contributed by atoms with Crippen LogP contribution in [0.4, 0.5) is 4.79 Å². The van der Waals surface area contributed by atoms with Crippen molar-refractivity contribution in [2.75, 3.05) is 13.1 Å².